The molecule has 1 aliphatic rings. The molecule has 1 N–H and O–H groups in total. The third kappa shape index (κ3) is 2.28. The van der Waals surface area contributed by atoms with Crippen LogP contribution in [0, 0.1) is 5.92 Å². The molecule has 0 fully saturated rings. The van der Waals surface area contributed by atoms with Crippen LogP contribution in [-0.2, 0) is 4.79 Å². The summed E-state index contributed by atoms with van der Waals surface area (Å²) in [7, 11) is 1.60. The summed E-state index contributed by atoms with van der Waals surface area (Å²) in [4.78, 5) is 16.5. The van der Waals surface area contributed by atoms with E-state index in [0.717, 1.165) is 10.9 Å². The van der Waals surface area contributed by atoms with Crippen LogP contribution in [-0.4, -0.2) is 18.0 Å². The lowest BCUT2D eigenvalue weighted by atomic mass is 10.1. The molecule has 1 aromatic carbocycles. The summed E-state index contributed by atoms with van der Waals surface area (Å²) < 4.78 is 5.26. The quantitative estimate of drug-likeness (QED) is 0.929. The molecule has 0 atom stereocenters. The van der Waals surface area contributed by atoms with Gasteiger partial charge in [0, 0.05) is 17.6 Å². The molecular weight excluding hydrogens is 252 g/mol. The average Bonchev–Trinajstić information content (AvgIpc) is 3.01. The molecule has 0 radical (unpaired) electrons. The number of nitrogens with one attached hydrogen (secondary N) is 1. The number of ether oxygens (including phenoxy) is 1. The number of amides is 1. The fraction of sp³-hybridized carbons (Fsp3) is 0.125. The fourth-order valence-electron chi connectivity index (χ4n) is 2.20. The molecule has 0 bridgehead atoms. The molecule has 1 amide bonds. The maximum atomic E-state index is 12.2. The van der Waals surface area contributed by atoms with E-state index in [4.69, 9.17) is 4.74 Å². The number of hydrogen-bond donors (Lipinski definition) is 1. The number of fused-ring (bicyclic) bond motifs is 1. The standard InChI is InChI=1S/C16H14N2O2/c1-20-13-9-12-7-4-8-17-15(12)14(10-13)18-16(19)11-5-2-3-6-11/h2-11H,1H3,(H,18,19). The number of nitrogens with zero attached hydrogens (tertiary/aromatic N) is 1. The predicted molar refractivity (Wildman–Crippen MR) is 78.7 cm³/mol. The molecule has 0 aliphatic heterocycles. The van der Waals surface area contributed by atoms with E-state index in [1.807, 2.05) is 42.5 Å². The normalized spacial score (nSPS) is 13.8. The minimum atomic E-state index is -0.222. The molecule has 1 aliphatic carbocycles. The first kappa shape index (κ1) is 12.4. The lowest BCUT2D eigenvalue weighted by molar-refractivity contribution is -0.117. The molecule has 4 nitrogen and oxygen atoms in total. The van der Waals surface area contributed by atoms with Crippen molar-refractivity contribution >= 4 is 22.5 Å². The van der Waals surface area contributed by atoms with Crippen molar-refractivity contribution in [3.05, 3.63) is 54.8 Å². The molecule has 0 spiro atoms. The van der Waals surface area contributed by atoms with Gasteiger partial charge in [0.15, 0.2) is 0 Å². The van der Waals surface area contributed by atoms with Crippen LogP contribution in [0.5, 0.6) is 5.75 Å². The topological polar surface area (TPSA) is 51.2 Å². The Morgan fingerprint density at radius 3 is 2.85 bits per heavy atom. The predicted octanol–water partition coefficient (Wildman–Crippen LogP) is 2.92. The van der Waals surface area contributed by atoms with E-state index in [1.165, 1.54) is 0 Å². The van der Waals surface area contributed by atoms with Crippen molar-refractivity contribution in [1.29, 1.82) is 0 Å². The van der Waals surface area contributed by atoms with Gasteiger partial charge in [0.2, 0.25) is 5.91 Å². The Morgan fingerprint density at radius 1 is 1.30 bits per heavy atom. The Labute approximate surface area is 116 Å². The third-order valence-corrected chi connectivity index (χ3v) is 3.22. The zero-order valence-electron chi connectivity index (χ0n) is 11.0. The summed E-state index contributed by atoms with van der Waals surface area (Å²) in [5.41, 5.74) is 1.42. The summed E-state index contributed by atoms with van der Waals surface area (Å²) in [5, 5.41) is 3.85. The number of methoxy groups -OCH3 is 1. The second-order valence-corrected chi connectivity index (χ2v) is 4.53. The number of hydrogen-bond acceptors (Lipinski definition) is 3. The summed E-state index contributed by atoms with van der Waals surface area (Å²) in [6, 6.07) is 7.48. The molecule has 1 aromatic heterocycles. The zero-order valence-corrected chi connectivity index (χ0v) is 11.0. The van der Waals surface area contributed by atoms with E-state index in [1.54, 1.807) is 19.4 Å². The largest absolute Gasteiger partial charge is 0.497 e. The SMILES string of the molecule is COc1cc(NC(=O)C2C=CC=C2)c2ncccc2c1. The van der Waals surface area contributed by atoms with Crippen molar-refractivity contribution in [1.82, 2.24) is 4.98 Å². The second-order valence-electron chi connectivity index (χ2n) is 4.53. The highest BCUT2D eigenvalue weighted by Gasteiger charge is 2.16. The van der Waals surface area contributed by atoms with Crippen LogP contribution in [0.15, 0.2) is 54.8 Å². The van der Waals surface area contributed by atoms with Crippen LogP contribution >= 0.6 is 0 Å². The molecule has 0 saturated heterocycles. The third-order valence-electron chi connectivity index (χ3n) is 3.22. The van der Waals surface area contributed by atoms with Gasteiger partial charge < -0.3 is 10.1 Å². The minimum absolute atomic E-state index is 0.0739. The Kier molecular flexibility index (Phi) is 3.21. The number of allylic oxidation sites excluding steroid dienone is 2. The van der Waals surface area contributed by atoms with Crippen LogP contribution < -0.4 is 10.1 Å². The van der Waals surface area contributed by atoms with Gasteiger partial charge in [-0.15, -0.1) is 0 Å². The van der Waals surface area contributed by atoms with Crippen molar-refractivity contribution in [3.8, 4) is 5.75 Å². The number of carbonyl (C=O) groups is 1. The van der Waals surface area contributed by atoms with Crippen molar-refractivity contribution in [2.24, 2.45) is 5.92 Å². The summed E-state index contributed by atoms with van der Waals surface area (Å²) in [6.45, 7) is 0. The highest BCUT2D eigenvalue weighted by molar-refractivity contribution is 6.03. The first-order valence-corrected chi connectivity index (χ1v) is 6.36. The molecule has 3 rings (SSSR count). The van der Waals surface area contributed by atoms with Gasteiger partial charge in [0.25, 0.3) is 0 Å². The highest BCUT2D eigenvalue weighted by atomic mass is 16.5. The average molecular weight is 266 g/mol. The van der Waals surface area contributed by atoms with Gasteiger partial charge in [-0.1, -0.05) is 30.4 Å². The maximum Gasteiger partial charge on any atom is 0.235 e. The highest BCUT2D eigenvalue weighted by Crippen LogP contribution is 2.28. The van der Waals surface area contributed by atoms with E-state index in [-0.39, 0.29) is 11.8 Å². The molecule has 0 saturated carbocycles. The number of carbonyl (C=O) groups excluding carboxylic acids is 1. The van der Waals surface area contributed by atoms with Crippen LogP contribution in [0.1, 0.15) is 0 Å². The van der Waals surface area contributed by atoms with E-state index < -0.39 is 0 Å². The Bertz CT molecular complexity index is 707. The van der Waals surface area contributed by atoms with Gasteiger partial charge in [-0.3, -0.25) is 9.78 Å². The van der Waals surface area contributed by atoms with E-state index >= 15 is 0 Å². The van der Waals surface area contributed by atoms with Crippen LogP contribution in [0.2, 0.25) is 0 Å². The molecule has 100 valence electrons. The molecule has 4 heteroatoms. The lowest BCUT2D eigenvalue weighted by Crippen LogP contribution is -2.19. The van der Waals surface area contributed by atoms with Gasteiger partial charge in [-0.2, -0.15) is 0 Å². The van der Waals surface area contributed by atoms with Gasteiger partial charge >= 0.3 is 0 Å². The van der Waals surface area contributed by atoms with Gasteiger partial charge in [-0.05, 0) is 12.1 Å². The van der Waals surface area contributed by atoms with Crippen molar-refractivity contribution in [2.75, 3.05) is 12.4 Å². The van der Waals surface area contributed by atoms with E-state index in [2.05, 4.69) is 10.3 Å². The van der Waals surface area contributed by atoms with Crippen LogP contribution in [0.4, 0.5) is 5.69 Å². The fourth-order valence-corrected chi connectivity index (χ4v) is 2.20. The molecule has 20 heavy (non-hydrogen) atoms. The maximum absolute atomic E-state index is 12.2. The summed E-state index contributed by atoms with van der Waals surface area (Å²) in [5.74, 6) is 0.397. The molecule has 2 aromatic rings. The van der Waals surface area contributed by atoms with Crippen LogP contribution in [0.25, 0.3) is 10.9 Å². The van der Waals surface area contributed by atoms with Gasteiger partial charge in [0.1, 0.15) is 5.75 Å². The monoisotopic (exact) mass is 266 g/mol. The van der Waals surface area contributed by atoms with E-state index in [9.17, 15) is 4.79 Å². The zero-order chi connectivity index (χ0) is 13.9. The first-order valence-electron chi connectivity index (χ1n) is 6.36. The Morgan fingerprint density at radius 2 is 2.10 bits per heavy atom. The minimum Gasteiger partial charge on any atom is -0.497 e. The van der Waals surface area contributed by atoms with Crippen molar-refractivity contribution in [3.63, 3.8) is 0 Å². The smallest absolute Gasteiger partial charge is 0.235 e. The molecule has 0 unspecified atom stereocenters. The summed E-state index contributed by atoms with van der Waals surface area (Å²) >= 11 is 0. The lowest BCUT2D eigenvalue weighted by Gasteiger charge is -2.12. The number of pyridine rings is 1. The Hall–Kier alpha value is -2.62. The second kappa shape index (κ2) is 5.17. The van der Waals surface area contributed by atoms with Gasteiger partial charge in [-0.25, -0.2) is 0 Å². The van der Waals surface area contributed by atoms with Crippen molar-refractivity contribution < 1.29 is 9.53 Å². The molecule has 1 heterocycles. The number of benzene rings is 1. The van der Waals surface area contributed by atoms with Gasteiger partial charge in [0.05, 0.1) is 24.2 Å². The number of rotatable bonds is 3. The summed E-state index contributed by atoms with van der Waals surface area (Å²) in [6.07, 6.45) is 9.15. The van der Waals surface area contributed by atoms with E-state index in [0.29, 0.717) is 11.4 Å². The molecular formula is C16H14N2O2. The first-order chi connectivity index (χ1) is 9.78. The number of aromatic nitrogens is 1. The van der Waals surface area contributed by atoms with Crippen LogP contribution in [0.3, 0.4) is 0 Å². The van der Waals surface area contributed by atoms with Crippen molar-refractivity contribution in [2.45, 2.75) is 0 Å². The Balaban J connectivity index is 1.99. The number of anilines is 1.